The lowest BCUT2D eigenvalue weighted by atomic mass is 10.1. The summed E-state index contributed by atoms with van der Waals surface area (Å²) in [5.41, 5.74) is 3.08. The van der Waals surface area contributed by atoms with E-state index < -0.39 is 0 Å². The Kier molecular flexibility index (Phi) is 4.46. The predicted octanol–water partition coefficient (Wildman–Crippen LogP) is 2.87. The molecule has 2 rings (SSSR count). The second-order valence-electron chi connectivity index (χ2n) is 3.74. The van der Waals surface area contributed by atoms with Crippen LogP contribution in [-0.2, 0) is 11.2 Å². The molecule has 0 aliphatic carbocycles. The van der Waals surface area contributed by atoms with E-state index >= 15 is 0 Å². The molecule has 6 heteroatoms. The summed E-state index contributed by atoms with van der Waals surface area (Å²) in [7, 11) is 0. The smallest absolute Gasteiger partial charge is 0.244 e. The van der Waals surface area contributed by atoms with Crippen molar-refractivity contribution in [3.05, 3.63) is 58.2 Å². The molecule has 0 radical (unpaired) electrons. The highest BCUT2D eigenvalue weighted by Crippen LogP contribution is 2.11. The fraction of sp³-hybridized carbons (Fsp3) is 0.0769. The molecule has 0 aliphatic heterocycles. The minimum absolute atomic E-state index is 0.138. The number of benzene rings is 1. The molecule has 0 aliphatic rings. The number of nitrogens with zero attached hydrogens (tertiary/aromatic N) is 1. The number of rotatable bonds is 4. The minimum atomic E-state index is -0.328. The van der Waals surface area contributed by atoms with Gasteiger partial charge in [-0.1, -0.05) is 12.1 Å². The number of hydrogen-bond acceptors (Lipinski definition) is 3. The molecule has 1 N–H and O–H groups in total. The van der Waals surface area contributed by atoms with Crippen molar-refractivity contribution < 1.29 is 13.6 Å². The summed E-state index contributed by atoms with van der Waals surface area (Å²) in [6.07, 6.45) is 1.53. The summed E-state index contributed by atoms with van der Waals surface area (Å²) in [5.74, 6) is -0.0898. The number of carbonyl (C=O) groups is 1. The van der Waals surface area contributed by atoms with Crippen molar-refractivity contribution in [1.82, 2.24) is 5.43 Å². The standard InChI is InChI=1S/C13H10BrFN2O2/c14-12-6-5-11(19-12)8-16-17-13(18)7-9-1-3-10(15)4-2-9/h1-6,8H,7H2,(H,17,18)/b16-8+. The van der Waals surface area contributed by atoms with Crippen molar-refractivity contribution in [3.63, 3.8) is 0 Å². The third-order valence-electron chi connectivity index (χ3n) is 2.25. The van der Waals surface area contributed by atoms with Crippen LogP contribution >= 0.6 is 15.9 Å². The lowest BCUT2D eigenvalue weighted by Crippen LogP contribution is -2.19. The second kappa shape index (κ2) is 6.29. The largest absolute Gasteiger partial charge is 0.448 e. The Labute approximate surface area is 117 Å². The highest BCUT2D eigenvalue weighted by atomic mass is 79.9. The quantitative estimate of drug-likeness (QED) is 0.694. The van der Waals surface area contributed by atoms with Gasteiger partial charge in [0.15, 0.2) is 4.67 Å². The summed E-state index contributed by atoms with van der Waals surface area (Å²) in [4.78, 5) is 11.5. The molecule has 1 amide bonds. The van der Waals surface area contributed by atoms with Crippen molar-refractivity contribution in [3.8, 4) is 0 Å². The van der Waals surface area contributed by atoms with Gasteiger partial charge in [-0.2, -0.15) is 5.10 Å². The molecular formula is C13H10BrFN2O2. The number of hydrazone groups is 1. The molecule has 1 aromatic heterocycles. The van der Waals surface area contributed by atoms with Crippen molar-refractivity contribution in [2.75, 3.05) is 0 Å². The normalized spacial score (nSPS) is 10.8. The van der Waals surface area contributed by atoms with Gasteiger partial charge in [-0.15, -0.1) is 0 Å². The molecule has 2 aromatic rings. The fourth-order valence-corrected chi connectivity index (χ4v) is 1.71. The van der Waals surface area contributed by atoms with E-state index in [0.29, 0.717) is 10.4 Å². The van der Waals surface area contributed by atoms with E-state index in [4.69, 9.17) is 4.42 Å². The molecule has 1 heterocycles. The van der Waals surface area contributed by atoms with E-state index in [9.17, 15) is 9.18 Å². The molecule has 98 valence electrons. The van der Waals surface area contributed by atoms with E-state index in [-0.39, 0.29) is 18.1 Å². The average Bonchev–Trinajstić information content (AvgIpc) is 2.78. The highest BCUT2D eigenvalue weighted by Gasteiger charge is 2.02. The molecule has 4 nitrogen and oxygen atoms in total. The van der Waals surface area contributed by atoms with E-state index in [1.165, 1.54) is 18.3 Å². The SMILES string of the molecule is O=C(Cc1ccc(F)cc1)N/N=C/c1ccc(Br)o1. The minimum Gasteiger partial charge on any atom is -0.448 e. The van der Waals surface area contributed by atoms with Crippen molar-refractivity contribution in [2.24, 2.45) is 5.10 Å². The molecule has 0 fully saturated rings. The maximum atomic E-state index is 12.7. The van der Waals surface area contributed by atoms with Gasteiger partial charge in [-0.05, 0) is 45.8 Å². The topological polar surface area (TPSA) is 54.6 Å². The van der Waals surface area contributed by atoms with Crippen LogP contribution in [0.3, 0.4) is 0 Å². The van der Waals surface area contributed by atoms with E-state index in [1.54, 1.807) is 24.3 Å². The van der Waals surface area contributed by atoms with Crippen molar-refractivity contribution >= 4 is 28.1 Å². The number of hydrogen-bond donors (Lipinski definition) is 1. The number of halogens is 2. The Morgan fingerprint density at radius 3 is 2.68 bits per heavy atom. The first-order chi connectivity index (χ1) is 9.13. The summed E-state index contributed by atoms with van der Waals surface area (Å²) >= 11 is 3.16. The molecule has 0 saturated carbocycles. The Bertz CT molecular complexity index is 593. The van der Waals surface area contributed by atoms with Crippen molar-refractivity contribution in [1.29, 1.82) is 0 Å². The number of furan rings is 1. The van der Waals surface area contributed by atoms with Crippen LogP contribution in [0.25, 0.3) is 0 Å². The first kappa shape index (κ1) is 13.5. The maximum Gasteiger partial charge on any atom is 0.244 e. The second-order valence-corrected chi connectivity index (χ2v) is 4.52. The van der Waals surface area contributed by atoms with Gasteiger partial charge >= 0.3 is 0 Å². The molecule has 0 unspecified atom stereocenters. The van der Waals surface area contributed by atoms with Gasteiger partial charge in [0.25, 0.3) is 0 Å². The first-order valence-electron chi connectivity index (χ1n) is 5.45. The van der Waals surface area contributed by atoms with Gasteiger partial charge in [0, 0.05) is 0 Å². The van der Waals surface area contributed by atoms with Crippen LogP contribution in [0.1, 0.15) is 11.3 Å². The number of amides is 1. The van der Waals surface area contributed by atoms with Crippen LogP contribution in [0.4, 0.5) is 4.39 Å². The van der Waals surface area contributed by atoms with Crippen LogP contribution in [0.2, 0.25) is 0 Å². The molecule has 0 bridgehead atoms. The highest BCUT2D eigenvalue weighted by molar-refractivity contribution is 9.10. The van der Waals surface area contributed by atoms with Crippen LogP contribution in [0.5, 0.6) is 0 Å². The van der Waals surface area contributed by atoms with E-state index in [0.717, 1.165) is 5.56 Å². The lowest BCUT2D eigenvalue weighted by Gasteiger charge is -1.99. The van der Waals surface area contributed by atoms with Crippen LogP contribution in [0, 0.1) is 5.82 Å². The summed E-state index contributed by atoms with van der Waals surface area (Å²) in [6, 6.07) is 9.17. The zero-order chi connectivity index (χ0) is 13.7. The number of nitrogens with one attached hydrogen (secondary N) is 1. The van der Waals surface area contributed by atoms with Crippen LogP contribution in [0.15, 0.2) is 50.6 Å². The monoisotopic (exact) mass is 324 g/mol. The molecular weight excluding hydrogens is 315 g/mol. The summed E-state index contributed by atoms with van der Waals surface area (Å²) < 4.78 is 18.4. The van der Waals surface area contributed by atoms with Crippen LogP contribution in [-0.4, -0.2) is 12.1 Å². The van der Waals surface area contributed by atoms with Gasteiger partial charge < -0.3 is 4.42 Å². The predicted molar refractivity (Wildman–Crippen MR) is 72.2 cm³/mol. The number of carbonyl (C=O) groups excluding carboxylic acids is 1. The Morgan fingerprint density at radius 2 is 2.05 bits per heavy atom. The van der Waals surface area contributed by atoms with Gasteiger partial charge in [-0.25, -0.2) is 9.82 Å². The first-order valence-corrected chi connectivity index (χ1v) is 6.24. The third kappa shape index (κ3) is 4.33. The zero-order valence-electron chi connectivity index (χ0n) is 9.77. The molecule has 0 spiro atoms. The third-order valence-corrected chi connectivity index (χ3v) is 2.68. The van der Waals surface area contributed by atoms with Gasteiger partial charge in [0.05, 0.1) is 12.6 Å². The fourth-order valence-electron chi connectivity index (χ4n) is 1.39. The van der Waals surface area contributed by atoms with Gasteiger partial charge in [-0.3, -0.25) is 4.79 Å². The maximum absolute atomic E-state index is 12.7. The Balaban J connectivity index is 1.84. The van der Waals surface area contributed by atoms with Crippen molar-refractivity contribution in [2.45, 2.75) is 6.42 Å². The van der Waals surface area contributed by atoms with Gasteiger partial charge in [0.1, 0.15) is 11.6 Å². The van der Waals surface area contributed by atoms with Crippen LogP contribution < -0.4 is 5.43 Å². The summed E-state index contributed by atoms with van der Waals surface area (Å²) in [5, 5.41) is 3.76. The average molecular weight is 325 g/mol. The van der Waals surface area contributed by atoms with E-state index in [2.05, 4.69) is 26.5 Å². The van der Waals surface area contributed by atoms with E-state index in [1.807, 2.05) is 0 Å². The lowest BCUT2D eigenvalue weighted by molar-refractivity contribution is -0.120. The zero-order valence-corrected chi connectivity index (χ0v) is 11.4. The Hall–Kier alpha value is -1.95. The molecule has 1 aromatic carbocycles. The molecule has 0 atom stereocenters. The summed E-state index contributed by atoms with van der Waals surface area (Å²) in [6.45, 7) is 0. The molecule has 19 heavy (non-hydrogen) atoms. The Morgan fingerprint density at radius 1 is 1.32 bits per heavy atom. The molecule has 0 saturated heterocycles. The van der Waals surface area contributed by atoms with Gasteiger partial charge in [0.2, 0.25) is 5.91 Å².